The van der Waals surface area contributed by atoms with Crippen molar-refractivity contribution in [2.75, 3.05) is 19.8 Å². The van der Waals surface area contributed by atoms with Gasteiger partial charge in [0.2, 0.25) is 11.8 Å². The Labute approximate surface area is 117 Å². The smallest absolute Gasteiger partial charge is 0.240 e. The first-order valence-corrected chi connectivity index (χ1v) is 8.40. The Bertz CT molecular complexity index is 583. The van der Waals surface area contributed by atoms with Gasteiger partial charge in [0.05, 0.1) is 12.6 Å². The van der Waals surface area contributed by atoms with Crippen molar-refractivity contribution in [3.63, 3.8) is 0 Å². The summed E-state index contributed by atoms with van der Waals surface area (Å²) in [6, 6.07) is -0.190. The molecule has 0 aromatic carbocycles. The van der Waals surface area contributed by atoms with E-state index in [2.05, 4.69) is 15.5 Å². The fraction of sp³-hybridized carbons (Fsp3) is 0.727. The van der Waals surface area contributed by atoms with E-state index < -0.39 is 9.84 Å². The third kappa shape index (κ3) is 3.76. The normalized spacial score (nSPS) is 20.2. The second-order valence-electron chi connectivity index (χ2n) is 4.92. The van der Waals surface area contributed by atoms with E-state index >= 15 is 0 Å². The molecule has 8 nitrogen and oxygen atoms in total. The summed E-state index contributed by atoms with van der Waals surface area (Å²) in [7, 11) is -1.58. The van der Waals surface area contributed by atoms with Crippen molar-refractivity contribution >= 4 is 15.7 Å². The Kier molecular flexibility index (Phi) is 4.39. The van der Waals surface area contributed by atoms with Gasteiger partial charge in [0, 0.05) is 13.3 Å². The summed E-state index contributed by atoms with van der Waals surface area (Å²) < 4.78 is 27.3. The van der Waals surface area contributed by atoms with Gasteiger partial charge in [-0.15, -0.1) is 0 Å². The van der Waals surface area contributed by atoms with E-state index in [0.717, 1.165) is 25.6 Å². The Morgan fingerprint density at radius 1 is 1.55 bits per heavy atom. The zero-order valence-electron chi connectivity index (χ0n) is 11.5. The molecule has 1 amide bonds. The zero-order chi connectivity index (χ0) is 14.8. The number of hydrogen-bond donors (Lipinski definition) is 1. The quantitative estimate of drug-likeness (QED) is 0.768. The molecule has 1 saturated heterocycles. The lowest BCUT2D eigenvalue weighted by Crippen LogP contribution is -2.41. The maximum Gasteiger partial charge on any atom is 0.240 e. The fourth-order valence-electron chi connectivity index (χ4n) is 2.30. The SMILES string of the molecule is CNC(=O)[C@@H]1CCCN1Cc1nc(CS(C)(=O)=O)no1. The second-order valence-corrected chi connectivity index (χ2v) is 7.06. The minimum atomic E-state index is -3.18. The number of carbonyl (C=O) groups excluding carboxylic acids is 1. The Hall–Kier alpha value is -1.48. The summed E-state index contributed by atoms with van der Waals surface area (Å²) in [6.07, 6.45) is 2.84. The third-order valence-electron chi connectivity index (χ3n) is 3.15. The molecule has 0 radical (unpaired) electrons. The average molecular weight is 302 g/mol. The van der Waals surface area contributed by atoms with Gasteiger partial charge < -0.3 is 9.84 Å². The molecule has 1 aliphatic heterocycles. The van der Waals surface area contributed by atoms with Crippen LogP contribution < -0.4 is 5.32 Å². The largest absolute Gasteiger partial charge is 0.358 e. The molecule has 1 aromatic rings. The summed E-state index contributed by atoms with van der Waals surface area (Å²) in [5, 5.41) is 6.27. The maximum absolute atomic E-state index is 11.7. The number of aromatic nitrogens is 2. The Morgan fingerprint density at radius 3 is 2.95 bits per heavy atom. The van der Waals surface area contributed by atoms with Crippen LogP contribution in [0.4, 0.5) is 0 Å². The highest BCUT2D eigenvalue weighted by Gasteiger charge is 2.31. The molecule has 0 saturated carbocycles. The number of likely N-dealkylation sites (tertiary alicyclic amines) is 1. The highest BCUT2D eigenvalue weighted by atomic mass is 32.2. The Morgan fingerprint density at radius 2 is 2.30 bits per heavy atom. The summed E-state index contributed by atoms with van der Waals surface area (Å²) in [4.78, 5) is 17.7. The van der Waals surface area contributed by atoms with Crippen LogP contribution in [0.1, 0.15) is 24.6 Å². The number of nitrogens with zero attached hydrogens (tertiary/aromatic N) is 3. The van der Waals surface area contributed by atoms with Crippen LogP contribution in [-0.2, 0) is 26.9 Å². The van der Waals surface area contributed by atoms with Crippen LogP contribution in [0.25, 0.3) is 0 Å². The predicted molar refractivity (Wildman–Crippen MR) is 70.3 cm³/mol. The lowest BCUT2D eigenvalue weighted by atomic mass is 10.2. The van der Waals surface area contributed by atoms with Crippen molar-refractivity contribution in [1.82, 2.24) is 20.4 Å². The van der Waals surface area contributed by atoms with E-state index in [0.29, 0.717) is 12.4 Å². The molecule has 112 valence electrons. The van der Waals surface area contributed by atoms with E-state index in [1.807, 2.05) is 4.90 Å². The molecule has 2 heterocycles. The molecule has 0 bridgehead atoms. The fourth-order valence-corrected chi connectivity index (χ4v) is 2.89. The predicted octanol–water partition coefficient (Wildman–Crippen LogP) is -0.675. The molecular weight excluding hydrogens is 284 g/mol. The molecule has 1 aromatic heterocycles. The van der Waals surface area contributed by atoms with Crippen molar-refractivity contribution in [3.8, 4) is 0 Å². The Balaban J connectivity index is 2.01. The number of nitrogens with one attached hydrogen (secondary N) is 1. The van der Waals surface area contributed by atoms with Crippen LogP contribution in [0.3, 0.4) is 0 Å². The van der Waals surface area contributed by atoms with Gasteiger partial charge in [-0.1, -0.05) is 5.16 Å². The topological polar surface area (TPSA) is 105 Å². The summed E-state index contributed by atoms with van der Waals surface area (Å²) in [5.74, 6) is 0.214. The standard InChI is InChI=1S/C11H18N4O4S/c1-12-11(16)8-4-3-5-15(8)6-10-13-9(14-19-10)7-20(2,17)18/h8H,3-7H2,1-2H3,(H,12,16)/t8-/m0/s1. The van der Waals surface area contributed by atoms with Crippen molar-refractivity contribution < 1.29 is 17.7 Å². The molecule has 0 spiro atoms. The van der Waals surface area contributed by atoms with Gasteiger partial charge in [-0.25, -0.2) is 8.42 Å². The summed E-state index contributed by atoms with van der Waals surface area (Å²) in [6.45, 7) is 1.14. The molecule has 1 atom stereocenters. The summed E-state index contributed by atoms with van der Waals surface area (Å²) in [5.41, 5.74) is 0. The lowest BCUT2D eigenvalue weighted by Gasteiger charge is -2.20. The molecule has 1 N–H and O–H groups in total. The molecule has 0 unspecified atom stereocenters. The molecule has 20 heavy (non-hydrogen) atoms. The number of likely N-dealkylation sites (N-methyl/N-ethyl adjacent to an activating group) is 1. The van der Waals surface area contributed by atoms with Gasteiger partial charge in [0.25, 0.3) is 0 Å². The van der Waals surface area contributed by atoms with E-state index in [4.69, 9.17) is 4.52 Å². The van der Waals surface area contributed by atoms with Crippen molar-refractivity contribution in [1.29, 1.82) is 0 Å². The van der Waals surface area contributed by atoms with Gasteiger partial charge in [-0.05, 0) is 19.4 Å². The number of carbonyl (C=O) groups is 1. The molecule has 2 rings (SSSR count). The van der Waals surface area contributed by atoms with E-state index in [1.54, 1.807) is 7.05 Å². The first-order valence-electron chi connectivity index (χ1n) is 6.34. The van der Waals surface area contributed by atoms with Crippen LogP contribution in [-0.4, -0.2) is 55.3 Å². The van der Waals surface area contributed by atoms with Crippen LogP contribution in [0.2, 0.25) is 0 Å². The van der Waals surface area contributed by atoms with Crippen molar-refractivity contribution in [2.24, 2.45) is 0 Å². The summed E-state index contributed by atoms with van der Waals surface area (Å²) >= 11 is 0. The van der Waals surface area contributed by atoms with Gasteiger partial charge >= 0.3 is 0 Å². The monoisotopic (exact) mass is 302 g/mol. The van der Waals surface area contributed by atoms with E-state index in [9.17, 15) is 13.2 Å². The number of hydrogen-bond acceptors (Lipinski definition) is 7. The van der Waals surface area contributed by atoms with E-state index in [-0.39, 0.29) is 23.5 Å². The number of amides is 1. The molecule has 9 heteroatoms. The lowest BCUT2D eigenvalue weighted by molar-refractivity contribution is -0.125. The van der Waals surface area contributed by atoms with Crippen LogP contribution in [0.5, 0.6) is 0 Å². The zero-order valence-corrected chi connectivity index (χ0v) is 12.3. The molecule has 0 aliphatic carbocycles. The van der Waals surface area contributed by atoms with Crippen LogP contribution >= 0.6 is 0 Å². The van der Waals surface area contributed by atoms with Crippen molar-refractivity contribution in [3.05, 3.63) is 11.7 Å². The van der Waals surface area contributed by atoms with E-state index in [1.165, 1.54) is 0 Å². The highest BCUT2D eigenvalue weighted by Crippen LogP contribution is 2.19. The van der Waals surface area contributed by atoms with Gasteiger partial charge in [-0.3, -0.25) is 9.69 Å². The number of sulfone groups is 1. The first kappa shape index (κ1) is 14.9. The van der Waals surface area contributed by atoms with Gasteiger partial charge in [0.1, 0.15) is 5.75 Å². The molecule has 1 fully saturated rings. The number of rotatable bonds is 5. The van der Waals surface area contributed by atoms with Crippen LogP contribution in [0.15, 0.2) is 4.52 Å². The molecule has 1 aliphatic rings. The third-order valence-corrected chi connectivity index (χ3v) is 3.94. The minimum absolute atomic E-state index is 0.0293. The minimum Gasteiger partial charge on any atom is -0.358 e. The maximum atomic E-state index is 11.7. The first-order chi connectivity index (χ1) is 9.39. The molecular formula is C11H18N4O4S. The second kappa shape index (κ2) is 5.88. The van der Waals surface area contributed by atoms with Crippen molar-refractivity contribution in [2.45, 2.75) is 31.2 Å². The van der Waals surface area contributed by atoms with Crippen LogP contribution in [0, 0.1) is 0 Å². The average Bonchev–Trinajstić information content (AvgIpc) is 2.96. The van der Waals surface area contributed by atoms with Gasteiger partial charge in [0.15, 0.2) is 15.7 Å². The van der Waals surface area contributed by atoms with Gasteiger partial charge in [-0.2, -0.15) is 4.98 Å². The highest BCUT2D eigenvalue weighted by molar-refractivity contribution is 7.89.